The Bertz CT molecular complexity index is 816. The highest BCUT2D eigenvalue weighted by Crippen LogP contribution is 2.21. The van der Waals surface area contributed by atoms with Crippen LogP contribution in [0.1, 0.15) is 27.8 Å². The molecule has 3 rings (SSSR count). The maximum Gasteiger partial charge on any atom is 0.363 e. The molecule has 0 bridgehead atoms. The smallest absolute Gasteiger partial charge is 0.363 e. The number of cyclic esters (lactones) is 1. The molecule has 0 aromatic heterocycles. The summed E-state index contributed by atoms with van der Waals surface area (Å²) in [5.41, 5.74) is 5.57. The second-order valence-corrected chi connectivity index (χ2v) is 5.49. The minimum absolute atomic E-state index is 0.336. The van der Waals surface area contributed by atoms with E-state index in [-0.39, 0.29) is 0 Å². The molecule has 0 saturated carbocycles. The number of esters is 1. The molecular formula is C19H17NO2. The van der Waals surface area contributed by atoms with Crippen molar-refractivity contribution in [2.45, 2.75) is 20.8 Å². The SMILES string of the molecule is Cc1ccc(C2=N/C(=C\c3ccccc3C)C(=O)O2)cc1C. The molecule has 1 aliphatic heterocycles. The molecule has 0 spiro atoms. The third-order valence-electron chi connectivity index (χ3n) is 3.86. The lowest BCUT2D eigenvalue weighted by Gasteiger charge is -2.03. The number of ether oxygens (including phenoxy) is 1. The van der Waals surface area contributed by atoms with Gasteiger partial charge in [0.1, 0.15) is 0 Å². The van der Waals surface area contributed by atoms with E-state index in [0.717, 1.165) is 22.3 Å². The fourth-order valence-electron chi connectivity index (χ4n) is 2.30. The number of benzene rings is 2. The van der Waals surface area contributed by atoms with E-state index in [0.29, 0.717) is 11.6 Å². The normalized spacial score (nSPS) is 15.9. The van der Waals surface area contributed by atoms with Crippen LogP contribution >= 0.6 is 0 Å². The summed E-state index contributed by atoms with van der Waals surface area (Å²) in [6, 6.07) is 13.8. The highest BCUT2D eigenvalue weighted by molar-refractivity contribution is 6.13. The van der Waals surface area contributed by atoms with E-state index in [4.69, 9.17) is 4.74 Å². The van der Waals surface area contributed by atoms with Gasteiger partial charge < -0.3 is 4.74 Å². The van der Waals surface area contributed by atoms with Crippen molar-refractivity contribution < 1.29 is 9.53 Å². The second kappa shape index (κ2) is 5.60. The number of nitrogens with zero attached hydrogens (tertiary/aromatic N) is 1. The molecule has 0 unspecified atom stereocenters. The Morgan fingerprint density at radius 1 is 0.955 bits per heavy atom. The summed E-state index contributed by atoms with van der Waals surface area (Å²) < 4.78 is 5.31. The Balaban J connectivity index is 1.98. The van der Waals surface area contributed by atoms with Crippen molar-refractivity contribution >= 4 is 17.9 Å². The molecule has 0 saturated heterocycles. The maximum absolute atomic E-state index is 12.0. The van der Waals surface area contributed by atoms with E-state index >= 15 is 0 Å². The summed E-state index contributed by atoms with van der Waals surface area (Å²) in [6.45, 7) is 6.08. The number of carbonyl (C=O) groups excluding carboxylic acids is 1. The summed E-state index contributed by atoms with van der Waals surface area (Å²) in [5, 5.41) is 0. The average molecular weight is 291 g/mol. The molecule has 2 aromatic rings. The van der Waals surface area contributed by atoms with Crippen LogP contribution in [0.3, 0.4) is 0 Å². The fraction of sp³-hybridized carbons (Fsp3) is 0.158. The minimum Gasteiger partial charge on any atom is -0.402 e. The molecule has 0 radical (unpaired) electrons. The van der Waals surface area contributed by atoms with Crippen LogP contribution in [0.15, 0.2) is 53.2 Å². The highest BCUT2D eigenvalue weighted by Gasteiger charge is 2.24. The average Bonchev–Trinajstić information content (AvgIpc) is 2.85. The number of hydrogen-bond acceptors (Lipinski definition) is 3. The van der Waals surface area contributed by atoms with Crippen LogP contribution in [0.5, 0.6) is 0 Å². The number of carbonyl (C=O) groups is 1. The first kappa shape index (κ1) is 14.3. The van der Waals surface area contributed by atoms with E-state index in [1.165, 1.54) is 5.56 Å². The first-order valence-corrected chi connectivity index (χ1v) is 7.20. The van der Waals surface area contributed by atoms with E-state index in [2.05, 4.69) is 4.99 Å². The number of aryl methyl sites for hydroxylation is 3. The lowest BCUT2D eigenvalue weighted by molar-refractivity contribution is -0.129. The van der Waals surface area contributed by atoms with Crippen molar-refractivity contribution in [2.75, 3.05) is 0 Å². The van der Waals surface area contributed by atoms with Gasteiger partial charge in [0.2, 0.25) is 5.90 Å². The molecule has 0 atom stereocenters. The topological polar surface area (TPSA) is 38.7 Å². The largest absolute Gasteiger partial charge is 0.402 e. The predicted octanol–water partition coefficient (Wildman–Crippen LogP) is 3.96. The van der Waals surface area contributed by atoms with Crippen molar-refractivity contribution in [1.29, 1.82) is 0 Å². The highest BCUT2D eigenvalue weighted by atomic mass is 16.6. The molecule has 0 amide bonds. The molecule has 1 heterocycles. The van der Waals surface area contributed by atoms with Crippen molar-refractivity contribution in [3.63, 3.8) is 0 Å². The first-order valence-electron chi connectivity index (χ1n) is 7.20. The molecule has 0 fully saturated rings. The molecular weight excluding hydrogens is 274 g/mol. The summed E-state index contributed by atoms with van der Waals surface area (Å²) >= 11 is 0. The molecule has 0 N–H and O–H groups in total. The fourth-order valence-corrected chi connectivity index (χ4v) is 2.30. The molecule has 1 aliphatic rings. The molecule has 3 heteroatoms. The summed E-state index contributed by atoms with van der Waals surface area (Å²) in [7, 11) is 0. The van der Waals surface area contributed by atoms with Crippen LogP contribution in [0, 0.1) is 20.8 Å². The summed E-state index contributed by atoms with van der Waals surface area (Å²) in [6.07, 6.45) is 1.77. The zero-order valence-corrected chi connectivity index (χ0v) is 12.9. The predicted molar refractivity (Wildman–Crippen MR) is 87.7 cm³/mol. The van der Waals surface area contributed by atoms with E-state index in [1.54, 1.807) is 6.08 Å². The Hall–Kier alpha value is -2.68. The van der Waals surface area contributed by atoms with Gasteiger partial charge in [-0.1, -0.05) is 30.3 Å². The van der Waals surface area contributed by atoms with Crippen LogP contribution in [-0.2, 0) is 9.53 Å². The third-order valence-corrected chi connectivity index (χ3v) is 3.86. The molecule has 110 valence electrons. The van der Waals surface area contributed by atoms with Crippen LogP contribution in [0.25, 0.3) is 6.08 Å². The quantitative estimate of drug-likeness (QED) is 0.620. The van der Waals surface area contributed by atoms with Gasteiger partial charge in [-0.25, -0.2) is 9.79 Å². The van der Waals surface area contributed by atoms with Crippen molar-refractivity contribution in [1.82, 2.24) is 0 Å². The monoisotopic (exact) mass is 291 g/mol. The Morgan fingerprint density at radius 3 is 2.45 bits per heavy atom. The standard InChI is InChI=1S/C19H17NO2/c1-12-8-9-16(10-14(12)3)18-20-17(19(21)22-18)11-15-7-5-4-6-13(15)2/h4-11H,1-3H3/b17-11-. The van der Waals surface area contributed by atoms with Gasteiger partial charge in [-0.2, -0.15) is 0 Å². The number of aliphatic imine (C=N–C) groups is 1. The zero-order valence-electron chi connectivity index (χ0n) is 12.9. The third kappa shape index (κ3) is 2.70. The van der Waals surface area contributed by atoms with Crippen LogP contribution in [0.2, 0.25) is 0 Å². The lowest BCUT2D eigenvalue weighted by Crippen LogP contribution is -2.05. The van der Waals surface area contributed by atoms with E-state index in [9.17, 15) is 4.79 Å². The van der Waals surface area contributed by atoms with Gasteiger partial charge in [0.15, 0.2) is 5.70 Å². The van der Waals surface area contributed by atoms with Crippen molar-refractivity contribution in [2.24, 2.45) is 4.99 Å². The Morgan fingerprint density at radius 2 is 1.73 bits per heavy atom. The number of rotatable bonds is 2. The zero-order chi connectivity index (χ0) is 15.7. The molecule has 3 nitrogen and oxygen atoms in total. The van der Waals surface area contributed by atoms with Gasteiger partial charge in [-0.15, -0.1) is 0 Å². The van der Waals surface area contributed by atoms with E-state index < -0.39 is 5.97 Å². The van der Waals surface area contributed by atoms with Crippen molar-refractivity contribution in [3.05, 3.63) is 76.0 Å². The maximum atomic E-state index is 12.0. The van der Waals surface area contributed by atoms with Crippen molar-refractivity contribution in [3.8, 4) is 0 Å². The summed E-state index contributed by atoms with van der Waals surface area (Å²) in [5.74, 6) is -0.0376. The Kier molecular flexibility index (Phi) is 3.63. The lowest BCUT2D eigenvalue weighted by atomic mass is 10.1. The molecule has 2 aromatic carbocycles. The van der Waals surface area contributed by atoms with Gasteiger partial charge in [0, 0.05) is 5.56 Å². The van der Waals surface area contributed by atoms with E-state index in [1.807, 2.05) is 63.2 Å². The second-order valence-electron chi connectivity index (χ2n) is 5.49. The first-order chi connectivity index (χ1) is 10.5. The Labute approximate surface area is 130 Å². The van der Waals surface area contributed by atoms with Crippen LogP contribution < -0.4 is 0 Å². The van der Waals surface area contributed by atoms with Gasteiger partial charge in [0.25, 0.3) is 0 Å². The van der Waals surface area contributed by atoms with Crippen LogP contribution in [0.4, 0.5) is 0 Å². The summed E-state index contributed by atoms with van der Waals surface area (Å²) in [4.78, 5) is 16.4. The minimum atomic E-state index is -0.406. The number of hydrogen-bond donors (Lipinski definition) is 0. The van der Waals surface area contributed by atoms with Gasteiger partial charge in [0.05, 0.1) is 0 Å². The van der Waals surface area contributed by atoms with Gasteiger partial charge >= 0.3 is 5.97 Å². The van der Waals surface area contributed by atoms with Gasteiger partial charge in [-0.3, -0.25) is 0 Å². The molecule has 22 heavy (non-hydrogen) atoms. The van der Waals surface area contributed by atoms with Gasteiger partial charge in [-0.05, 0) is 61.2 Å². The molecule has 0 aliphatic carbocycles. The van der Waals surface area contributed by atoms with Crippen LogP contribution in [-0.4, -0.2) is 11.9 Å².